The minimum atomic E-state index is -3.45. The summed E-state index contributed by atoms with van der Waals surface area (Å²) in [6.45, 7) is 6.94. The van der Waals surface area contributed by atoms with Crippen molar-refractivity contribution in [3.8, 4) is 6.07 Å². The summed E-state index contributed by atoms with van der Waals surface area (Å²) >= 11 is 0. The summed E-state index contributed by atoms with van der Waals surface area (Å²) in [5.41, 5.74) is 4.16. The van der Waals surface area contributed by atoms with E-state index in [1.54, 1.807) is 38.1 Å². The minimum absolute atomic E-state index is 0.0344. The van der Waals surface area contributed by atoms with Crippen molar-refractivity contribution in [2.45, 2.75) is 67.9 Å². The number of hydrogen-bond acceptors (Lipinski definition) is 8. The van der Waals surface area contributed by atoms with E-state index in [1.165, 1.54) is 0 Å². The van der Waals surface area contributed by atoms with Crippen molar-refractivity contribution in [2.75, 3.05) is 25.1 Å². The number of carbonyl (C=O) groups excluding carboxylic acids is 1. The smallest absolute Gasteiger partial charge is 0.228 e. The van der Waals surface area contributed by atoms with Gasteiger partial charge in [-0.25, -0.2) is 18.9 Å². The summed E-state index contributed by atoms with van der Waals surface area (Å²) in [4.78, 5) is 13.1. The van der Waals surface area contributed by atoms with Gasteiger partial charge in [-0.2, -0.15) is 5.26 Å². The van der Waals surface area contributed by atoms with E-state index in [9.17, 15) is 18.5 Å². The topological polar surface area (TPSA) is 124 Å². The molecule has 0 bridgehead atoms. The molecule has 1 aromatic carbocycles. The fourth-order valence-electron chi connectivity index (χ4n) is 4.87. The third kappa shape index (κ3) is 4.35. The molecule has 3 heterocycles. The number of amides is 1. The molecule has 4 rings (SSSR count). The Bertz CT molecular complexity index is 1020. The molecule has 180 valence electrons. The van der Waals surface area contributed by atoms with Gasteiger partial charge in [0.1, 0.15) is 6.17 Å². The average molecular weight is 476 g/mol. The molecule has 5 atom stereocenters. The molecular formula is C23H33N5O4S. The lowest BCUT2D eigenvalue weighted by molar-refractivity contribution is -0.128. The van der Waals surface area contributed by atoms with Crippen LogP contribution in [0.2, 0.25) is 0 Å². The molecule has 1 amide bonds. The first kappa shape index (κ1) is 24.0. The zero-order valence-corrected chi connectivity index (χ0v) is 20.2. The summed E-state index contributed by atoms with van der Waals surface area (Å²) in [6.07, 6.45) is 1.58. The third-order valence-corrected chi connectivity index (χ3v) is 10.0. The second-order valence-corrected chi connectivity index (χ2v) is 12.2. The van der Waals surface area contributed by atoms with Gasteiger partial charge in [-0.15, -0.1) is 0 Å². The Kier molecular flexibility index (Phi) is 6.69. The maximum Gasteiger partial charge on any atom is 0.228 e. The van der Waals surface area contributed by atoms with Gasteiger partial charge in [0.2, 0.25) is 5.91 Å². The van der Waals surface area contributed by atoms with E-state index in [2.05, 4.69) is 27.1 Å². The number of benzene rings is 1. The van der Waals surface area contributed by atoms with Crippen LogP contribution in [0.3, 0.4) is 0 Å². The number of nitrogens with zero attached hydrogens (tertiary/aromatic N) is 2. The molecule has 0 radical (unpaired) electrons. The van der Waals surface area contributed by atoms with Crippen LogP contribution in [0.4, 0.5) is 5.69 Å². The lowest BCUT2D eigenvalue weighted by Crippen LogP contribution is -2.56. The number of sulfone groups is 1. The molecule has 3 fully saturated rings. The SMILES string of the molecule is CCC(C)(C)S(=O)(=O)c1ccc(NC2NN([C@H]3COCC[C@@H]3C#N)C3CCNC(=O)C23)cc1. The number of hydrazine groups is 1. The Balaban J connectivity index is 1.55. The van der Waals surface area contributed by atoms with Crippen molar-refractivity contribution in [1.82, 2.24) is 15.8 Å². The van der Waals surface area contributed by atoms with Crippen molar-refractivity contribution in [1.29, 1.82) is 5.26 Å². The molecule has 33 heavy (non-hydrogen) atoms. The molecule has 0 aromatic heterocycles. The van der Waals surface area contributed by atoms with E-state index < -0.39 is 14.6 Å². The van der Waals surface area contributed by atoms with E-state index in [-0.39, 0.29) is 40.9 Å². The molecule has 9 nitrogen and oxygen atoms in total. The van der Waals surface area contributed by atoms with Gasteiger partial charge in [0, 0.05) is 24.9 Å². The summed E-state index contributed by atoms with van der Waals surface area (Å²) < 4.78 is 30.6. The number of hydrogen-bond donors (Lipinski definition) is 3. The van der Waals surface area contributed by atoms with Gasteiger partial charge in [-0.3, -0.25) is 4.79 Å². The standard InChI is InChI=1S/C23H33N5O4S/c1-4-23(2,3)33(30,31)17-7-5-16(6-8-17)26-21-20-18(9-11-25-22(20)29)28(27-21)19-14-32-12-10-15(19)13-24/h5-8,15,18-21,26-27H,4,9-12,14H2,1-3H3,(H,25,29)/t15-,18?,19+,20?,21?/m1/s1. The molecule has 1 aromatic rings. The molecule has 3 N–H and O–H groups in total. The first-order valence-electron chi connectivity index (χ1n) is 11.6. The van der Waals surface area contributed by atoms with Crippen LogP contribution in [0.5, 0.6) is 0 Å². The third-order valence-electron chi connectivity index (χ3n) is 7.38. The van der Waals surface area contributed by atoms with Gasteiger partial charge in [0.15, 0.2) is 9.84 Å². The molecule has 3 aliphatic rings. The van der Waals surface area contributed by atoms with Gasteiger partial charge in [0.05, 0.1) is 40.2 Å². The zero-order valence-electron chi connectivity index (χ0n) is 19.4. The first-order valence-corrected chi connectivity index (χ1v) is 13.1. The second-order valence-electron chi connectivity index (χ2n) is 9.64. The minimum Gasteiger partial charge on any atom is -0.380 e. The quantitative estimate of drug-likeness (QED) is 0.567. The Morgan fingerprint density at radius 3 is 2.64 bits per heavy atom. The van der Waals surface area contributed by atoms with Crippen LogP contribution >= 0.6 is 0 Å². The number of ether oxygens (including phenoxy) is 1. The van der Waals surface area contributed by atoms with Crippen molar-refractivity contribution < 1.29 is 17.9 Å². The Hall–Kier alpha value is -2.19. The van der Waals surface area contributed by atoms with Crippen LogP contribution < -0.4 is 16.1 Å². The highest BCUT2D eigenvalue weighted by atomic mass is 32.2. The van der Waals surface area contributed by atoms with Crippen LogP contribution in [-0.4, -0.2) is 62.1 Å². The Morgan fingerprint density at radius 1 is 1.24 bits per heavy atom. The summed E-state index contributed by atoms with van der Waals surface area (Å²) in [6, 6.07) is 8.92. The van der Waals surface area contributed by atoms with E-state index in [0.717, 1.165) is 12.1 Å². The van der Waals surface area contributed by atoms with Crippen LogP contribution in [-0.2, 0) is 19.4 Å². The number of fused-ring (bicyclic) bond motifs is 1. The highest BCUT2D eigenvalue weighted by Gasteiger charge is 2.51. The average Bonchev–Trinajstić information content (AvgIpc) is 3.18. The van der Waals surface area contributed by atoms with Crippen LogP contribution in [0.1, 0.15) is 40.0 Å². The molecular weight excluding hydrogens is 442 g/mol. The molecule has 0 saturated carbocycles. The van der Waals surface area contributed by atoms with Gasteiger partial charge in [-0.05, 0) is 57.4 Å². The maximum atomic E-state index is 12.9. The fraction of sp³-hybridized carbons (Fsp3) is 0.652. The van der Waals surface area contributed by atoms with E-state index in [0.29, 0.717) is 32.6 Å². The zero-order chi connectivity index (χ0) is 23.8. The lowest BCUT2D eigenvalue weighted by Gasteiger charge is -2.39. The van der Waals surface area contributed by atoms with E-state index >= 15 is 0 Å². The van der Waals surface area contributed by atoms with Gasteiger partial charge >= 0.3 is 0 Å². The van der Waals surface area contributed by atoms with Crippen LogP contribution in [0.15, 0.2) is 29.2 Å². The molecule has 3 unspecified atom stereocenters. The molecule has 3 saturated heterocycles. The highest BCUT2D eigenvalue weighted by Crippen LogP contribution is 2.34. The second kappa shape index (κ2) is 9.22. The van der Waals surface area contributed by atoms with Gasteiger partial charge < -0.3 is 15.4 Å². The number of anilines is 1. The molecule has 0 aliphatic carbocycles. The van der Waals surface area contributed by atoms with E-state index in [4.69, 9.17) is 4.74 Å². The Labute approximate surface area is 195 Å². The normalized spacial score (nSPS) is 30.8. The maximum absolute atomic E-state index is 12.9. The fourth-order valence-corrected chi connectivity index (χ4v) is 6.38. The lowest BCUT2D eigenvalue weighted by atomic mass is 9.88. The number of rotatable bonds is 6. The van der Waals surface area contributed by atoms with Crippen LogP contribution in [0.25, 0.3) is 0 Å². The van der Waals surface area contributed by atoms with Crippen molar-refractivity contribution in [3.63, 3.8) is 0 Å². The molecule has 0 spiro atoms. The predicted molar refractivity (Wildman–Crippen MR) is 124 cm³/mol. The number of carbonyl (C=O) groups is 1. The number of nitrogens with one attached hydrogen (secondary N) is 3. The van der Waals surface area contributed by atoms with E-state index in [1.807, 2.05) is 6.92 Å². The summed E-state index contributed by atoms with van der Waals surface area (Å²) in [5, 5.41) is 18.0. The molecule has 3 aliphatic heterocycles. The summed E-state index contributed by atoms with van der Waals surface area (Å²) in [7, 11) is -3.45. The van der Waals surface area contributed by atoms with Crippen molar-refractivity contribution >= 4 is 21.4 Å². The highest BCUT2D eigenvalue weighted by molar-refractivity contribution is 7.92. The summed E-state index contributed by atoms with van der Waals surface area (Å²) in [5.74, 6) is -0.544. The van der Waals surface area contributed by atoms with Crippen molar-refractivity contribution in [3.05, 3.63) is 24.3 Å². The Morgan fingerprint density at radius 2 is 1.97 bits per heavy atom. The van der Waals surface area contributed by atoms with Gasteiger partial charge in [0.25, 0.3) is 0 Å². The number of nitriles is 1. The monoisotopic (exact) mass is 475 g/mol. The van der Waals surface area contributed by atoms with Gasteiger partial charge in [-0.1, -0.05) is 6.92 Å². The largest absolute Gasteiger partial charge is 0.380 e. The first-order chi connectivity index (χ1) is 15.7. The van der Waals surface area contributed by atoms with Crippen molar-refractivity contribution in [2.24, 2.45) is 11.8 Å². The molecule has 10 heteroatoms. The number of piperidine rings is 1. The predicted octanol–water partition coefficient (Wildman–Crippen LogP) is 1.64. The van der Waals surface area contributed by atoms with Crippen LogP contribution in [0, 0.1) is 23.2 Å².